The Morgan fingerprint density at radius 2 is 2.00 bits per heavy atom. The van der Waals surface area contributed by atoms with E-state index in [1.165, 1.54) is 5.56 Å². The van der Waals surface area contributed by atoms with Gasteiger partial charge < -0.3 is 10.4 Å². The average Bonchev–Trinajstić information content (AvgIpc) is 2.78. The van der Waals surface area contributed by atoms with Crippen molar-refractivity contribution in [1.82, 2.24) is 10.3 Å². The SMILES string of the molecule is CCNC(Cc1ccc(O)cc1)Cc1csc(C)n1. The Hall–Kier alpha value is -1.39. The van der Waals surface area contributed by atoms with Crippen molar-refractivity contribution in [1.29, 1.82) is 0 Å². The fraction of sp³-hybridized carbons (Fsp3) is 0.400. The van der Waals surface area contributed by atoms with E-state index in [9.17, 15) is 5.11 Å². The molecule has 1 heterocycles. The van der Waals surface area contributed by atoms with E-state index in [1.807, 2.05) is 19.1 Å². The molecule has 0 saturated heterocycles. The maximum Gasteiger partial charge on any atom is 0.115 e. The van der Waals surface area contributed by atoms with E-state index in [4.69, 9.17) is 0 Å². The minimum atomic E-state index is 0.318. The van der Waals surface area contributed by atoms with Crippen LogP contribution < -0.4 is 5.32 Å². The molecule has 2 aromatic rings. The Labute approximate surface area is 118 Å². The number of nitrogens with zero attached hydrogens (tertiary/aromatic N) is 1. The van der Waals surface area contributed by atoms with Crippen LogP contribution in [0.2, 0.25) is 0 Å². The fourth-order valence-corrected chi connectivity index (χ4v) is 2.80. The predicted molar refractivity (Wildman–Crippen MR) is 79.8 cm³/mol. The zero-order chi connectivity index (χ0) is 13.7. The largest absolute Gasteiger partial charge is 0.508 e. The van der Waals surface area contributed by atoms with Crippen molar-refractivity contribution >= 4 is 11.3 Å². The summed E-state index contributed by atoms with van der Waals surface area (Å²) in [7, 11) is 0. The highest BCUT2D eigenvalue weighted by molar-refractivity contribution is 7.09. The second-order valence-corrected chi connectivity index (χ2v) is 5.75. The molecule has 2 N–H and O–H groups in total. The number of aromatic nitrogens is 1. The first-order valence-corrected chi connectivity index (χ1v) is 7.47. The van der Waals surface area contributed by atoms with Crippen LogP contribution in [0.15, 0.2) is 29.6 Å². The number of hydrogen-bond donors (Lipinski definition) is 2. The number of benzene rings is 1. The first kappa shape index (κ1) is 14.0. The van der Waals surface area contributed by atoms with Crippen molar-refractivity contribution < 1.29 is 5.11 Å². The van der Waals surface area contributed by atoms with Gasteiger partial charge >= 0.3 is 0 Å². The van der Waals surface area contributed by atoms with E-state index in [-0.39, 0.29) is 0 Å². The standard InChI is InChI=1S/C15H20N2OS/c1-3-16-13(9-14-10-19-11(2)17-14)8-12-4-6-15(18)7-5-12/h4-7,10,13,16,18H,3,8-9H2,1-2H3. The van der Waals surface area contributed by atoms with E-state index in [0.717, 1.165) is 30.1 Å². The van der Waals surface area contributed by atoms with Gasteiger partial charge in [0.05, 0.1) is 10.7 Å². The second kappa shape index (κ2) is 6.68. The second-order valence-electron chi connectivity index (χ2n) is 4.69. The molecule has 1 aromatic carbocycles. The number of phenolic OH excluding ortho intramolecular Hbond substituents is 1. The van der Waals surface area contributed by atoms with Gasteiger partial charge in [0.15, 0.2) is 0 Å². The predicted octanol–water partition coefficient (Wildman–Crippen LogP) is 2.92. The quantitative estimate of drug-likeness (QED) is 0.852. The fourth-order valence-electron chi connectivity index (χ4n) is 2.18. The average molecular weight is 276 g/mol. The van der Waals surface area contributed by atoms with Crippen LogP contribution in [0.3, 0.4) is 0 Å². The zero-order valence-corrected chi connectivity index (χ0v) is 12.2. The van der Waals surface area contributed by atoms with E-state index in [1.54, 1.807) is 23.5 Å². The molecular formula is C15H20N2OS. The summed E-state index contributed by atoms with van der Waals surface area (Å²) in [6.45, 7) is 5.11. The minimum absolute atomic E-state index is 0.318. The molecule has 0 radical (unpaired) electrons. The molecule has 0 aliphatic carbocycles. The molecule has 1 unspecified atom stereocenters. The minimum Gasteiger partial charge on any atom is -0.508 e. The van der Waals surface area contributed by atoms with Crippen molar-refractivity contribution in [2.24, 2.45) is 0 Å². The number of aryl methyl sites for hydroxylation is 1. The molecule has 2 rings (SSSR count). The number of hydrogen-bond acceptors (Lipinski definition) is 4. The van der Waals surface area contributed by atoms with E-state index in [2.05, 4.69) is 22.6 Å². The number of rotatable bonds is 6. The number of aromatic hydroxyl groups is 1. The van der Waals surface area contributed by atoms with Crippen molar-refractivity contribution in [2.75, 3.05) is 6.54 Å². The van der Waals surface area contributed by atoms with Gasteiger partial charge in [-0.25, -0.2) is 4.98 Å². The van der Waals surface area contributed by atoms with Crippen molar-refractivity contribution in [3.05, 3.63) is 45.9 Å². The van der Waals surface area contributed by atoms with Crippen LogP contribution in [-0.2, 0) is 12.8 Å². The molecule has 0 saturated carbocycles. The first-order valence-electron chi connectivity index (χ1n) is 6.59. The van der Waals surface area contributed by atoms with Crippen LogP contribution in [0.5, 0.6) is 5.75 Å². The van der Waals surface area contributed by atoms with Gasteiger partial charge in [0.2, 0.25) is 0 Å². The number of nitrogens with one attached hydrogen (secondary N) is 1. The highest BCUT2D eigenvalue weighted by Crippen LogP contribution is 2.15. The zero-order valence-electron chi connectivity index (χ0n) is 11.4. The summed E-state index contributed by atoms with van der Waals surface area (Å²) < 4.78 is 0. The summed E-state index contributed by atoms with van der Waals surface area (Å²) in [4.78, 5) is 4.53. The molecule has 3 nitrogen and oxygen atoms in total. The number of thiazole rings is 1. The maximum atomic E-state index is 9.31. The maximum absolute atomic E-state index is 9.31. The Morgan fingerprint density at radius 3 is 2.58 bits per heavy atom. The van der Waals surface area contributed by atoms with Crippen molar-refractivity contribution in [3.63, 3.8) is 0 Å². The van der Waals surface area contributed by atoms with Gasteiger partial charge in [0.25, 0.3) is 0 Å². The monoisotopic (exact) mass is 276 g/mol. The van der Waals surface area contributed by atoms with Gasteiger partial charge in [-0.15, -0.1) is 11.3 Å². The number of phenols is 1. The topological polar surface area (TPSA) is 45.1 Å². The molecule has 19 heavy (non-hydrogen) atoms. The lowest BCUT2D eigenvalue weighted by molar-refractivity contribution is 0.474. The molecule has 0 amide bonds. The smallest absolute Gasteiger partial charge is 0.115 e. The molecule has 0 spiro atoms. The summed E-state index contributed by atoms with van der Waals surface area (Å²) in [5, 5.41) is 16.1. The van der Waals surface area contributed by atoms with Gasteiger partial charge in [-0.3, -0.25) is 0 Å². The van der Waals surface area contributed by atoms with Crippen LogP contribution >= 0.6 is 11.3 Å². The molecule has 1 aromatic heterocycles. The van der Waals surface area contributed by atoms with Crippen LogP contribution in [0, 0.1) is 6.92 Å². The molecule has 0 aliphatic heterocycles. The van der Waals surface area contributed by atoms with Crippen LogP contribution in [0.25, 0.3) is 0 Å². The van der Waals surface area contributed by atoms with Crippen molar-refractivity contribution in [3.8, 4) is 5.75 Å². The van der Waals surface area contributed by atoms with Crippen LogP contribution in [-0.4, -0.2) is 22.7 Å². The Kier molecular flexibility index (Phi) is 4.93. The molecule has 0 bridgehead atoms. The highest BCUT2D eigenvalue weighted by atomic mass is 32.1. The van der Waals surface area contributed by atoms with Gasteiger partial charge in [-0.2, -0.15) is 0 Å². The van der Waals surface area contributed by atoms with Crippen molar-refractivity contribution in [2.45, 2.75) is 32.7 Å². The highest BCUT2D eigenvalue weighted by Gasteiger charge is 2.11. The van der Waals surface area contributed by atoms with Crippen LogP contribution in [0.4, 0.5) is 0 Å². The molecule has 0 aliphatic rings. The lowest BCUT2D eigenvalue weighted by Gasteiger charge is -2.17. The molecule has 1 atom stereocenters. The number of likely N-dealkylation sites (N-methyl/N-ethyl adjacent to an activating group) is 1. The van der Waals surface area contributed by atoms with E-state index >= 15 is 0 Å². The van der Waals surface area contributed by atoms with E-state index < -0.39 is 0 Å². The lowest BCUT2D eigenvalue weighted by Crippen LogP contribution is -2.33. The summed E-state index contributed by atoms with van der Waals surface area (Å²) in [6, 6.07) is 7.82. The molecule has 0 fully saturated rings. The van der Waals surface area contributed by atoms with E-state index in [0.29, 0.717) is 11.8 Å². The third-order valence-corrected chi connectivity index (χ3v) is 3.86. The van der Waals surface area contributed by atoms with Gasteiger partial charge in [-0.1, -0.05) is 19.1 Å². The lowest BCUT2D eigenvalue weighted by atomic mass is 10.0. The first-order chi connectivity index (χ1) is 9.17. The summed E-state index contributed by atoms with van der Waals surface area (Å²) >= 11 is 1.70. The third-order valence-electron chi connectivity index (χ3n) is 3.03. The third kappa shape index (κ3) is 4.33. The summed E-state index contributed by atoms with van der Waals surface area (Å²) in [6.07, 6.45) is 1.89. The Morgan fingerprint density at radius 1 is 1.26 bits per heavy atom. The van der Waals surface area contributed by atoms with Gasteiger partial charge in [0.1, 0.15) is 5.75 Å². The molecular weight excluding hydrogens is 256 g/mol. The van der Waals surface area contributed by atoms with Gasteiger partial charge in [-0.05, 0) is 37.6 Å². The molecule has 102 valence electrons. The van der Waals surface area contributed by atoms with Crippen LogP contribution in [0.1, 0.15) is 23.2 Å². The Balaban J connectivity index is 2.01. The molecule has 4 heteroatoms. The summed E-state index contributed by atoms with van der Waals surface area (Å²) in [5.41, 5.74) is 2.39. The normalized spacial score (nSPS) is 12.5. The van der Waals surface area contributed by atoms with Gasteiger partial charge in [0, 0.05) is 17.8 Å². The summed E-state index contributed by atoms with van der Waals surface area (Å²) in [5.74, 6) is 0.318. The Bertz CT molecular complexity index is 507.